The molecule has 23 heavy (non-hydrogen) atoms. The van der Waals surface area contributed by atoms with E-state index in [1.807, 2.05) is 6.92 Å². The highest BCUT2D eigenvalue weighted by Crippen LogP contribution is 2.18. The summed E-state index contributed by atoms with van der Waals surface area (Å²) in [6.45, 7) is 3.28. The molecule has 1 heterocycles. The van der Waals surface area contributed by atoms with Gasteiger partial charge in [-0.25, -0.2) is 4.79 Å². The fourth-order valence-electron chi connectivity index (χ4n) is 2.07. The van der Waals surface area contributed by atoms with Crippen LogP contribution in [-0.4, -0.2) is 35.4 Å². The first-order valence-electron chi connectivity index (χ1n) is 7.03. The van der Waals surface area contributed by atoms with Crippen molar-refractivity contribution >= 4 is 17.6 Å². The van der Waals surface area contributed by atoms with E-state index in [1.165, 1.54) is 0 Å². The Morgan fingerprint density at radius 1 is 1.22 bits per heavy atom. The lowest BCUT2D eigenvalue weighted by Gasteiger charge is -2.07. The van der Waals surface area contributed by atoms with Gasteiger partial charge in [0.05, 0.1) is 29.7 Å². The summed E-state index contributed by atoms with van der Waals surface area (Å²) in [5, 5.41) is 6.91. The quantitative estimate of drug-likeness (QED) is 0.851. The SMILES string of the molecule is COc1ccc(C(=O)OCC(=O)Nc2c(C)nn(C)c2C)cc1. The molecule has 0 saturated carbocycles. The average molecular weight is 317 g/mol. The number of benzene rings is 1. The largest absolute Gasteiger partial charge is 0.497 e. The molecule has 7 nitrogen and oxygen atoms in total. The zero-order chi connectivity index (χ0) is 17.0. The van der Waals surface area contributed by atoms with Crippen LogP contribution in [0.4, 0.5) is 5.69 Å². The summed E-state index contributed by atoms with van der Waals surface area (Å²) in [5.41, 5.74) is 2.53. The van der Waals surface area contributed by atoms with Crippen LogP contribution < -0.4 is 10.1 Å². The molecule has 0 atom stereocenters. The van der Waals surface area contributed by atoms with Gasteiger partial charge in [0.2, 0.25) is 0 Å². The van der Waals surface area contributed by atoms with Gasteiger partial charge in [-0.05, 0) is 38.1 Å². The van der Waals surface area contributed by atoms with Crippen LogP contribution in [0.3, 0.4) is 0 Å². The maximum Gasteiger partial charge on any atom is 0.338 e. The molecular weight excluding hydrogens is 298 g/mol. The molecule has 0 bridgehead atoms. The number of carbonyl (C=O) groups is 2. The van der Waals surface area contributed by atoms with Gasteiger partial charge in [-0.1, -0.05) is 0 Å². The van der Waals surface area contributed by atoms with Gasteiger partial charge in [-0.3, -0.25) is 9.48 Å². The van der Waals surface area contributed by atoms with Crippen molar-refractivity contribution in [1.29, 1.82) is 0 Å². The van der Waals surface area contributed by atoms with Crippen LogP contribution in [0.1, 0.15) is 21.7 Å². The summed E-state index contributed by atoms with van der Waals surface area (Å²) in [6.07, 6.45) is 0. The van der Waals surface area contributed by atoms with E-state index in [9.17, 15) is 9.59 Å². The van der Waals surface area contributed by atoms with E-state index in [-0.39, 0.29) is 6.61 Å². The van der Waals surface area contributed by atoms with Crippen LogP contribution >= 0.6 is 0 Å². The number of esters is 1. The van der Waals surface area contributed by atoms with Gasteiger partial charge >= 0.3 is 5.97 Å². The normalized spacial score (nSPS) is 10.3. The third kappa shape index (κ3) is 3.88. The van der Waals surface area contributed by atoms with E-state index in [1.54, 1.807) is 50.0 Å². The van der Waals surface area contributed by atoms with E-state index in [2.05, 4.69) is 10.4 Å². The summed E-state index contributed by atoms with van der Waals surface area (Å²) >= 11 is 0. The molecule has 1 amide bonds. The number of hydrogen-bond donors (Lipinski definition) is 1. The number of nitrogens with one attached hydrogen (secondary N) is 1. The number of ether oxygens (including phenoxy) is 2. The molecule has 0 aliphatic heterocycles. The Balaban J connectivity index is 1.92. The second-order valence-corrected chi connectivity index (χ2v) is 5.02. The zero-order valence-corrected chi connectivity index (χ0v) is 13.5. The molecule has 0 saturated heterocycles. The van der Waals surface area contributed by atoms with E-state index in [4.69, 9.17) is 9.47 Å². The highest BCUT2D eigenvalue weighted by atomic mass is 16.5. The van der Waals surface area contributed by atoms with E-state index >= 15 is 0 Å². The molecule has 122 valence electrons. The van der Waals surface area contributed by atoms with Gasteiger partial charge < -0.3 is 14.8 Å². The monoisotopic (exact) mass is 317 g/mol. The standard InChI is InChI=1S/C16H19N3O4/c1-10-15(11(2)19(3)18-10)17-14(20)9-23-16(21)12-5-7-13(22-4)8-6-12/h5-8H,9H2,1-4H3,(H,17,20). The molecule has 2 rings (SSSR count). The number of rotatable bonds is 5. The Labute approximate surface area is 134 Å². The lowest BCUT2D eigenvalue weighted by atomic mass is 10.2. The summed E-state index contributed by atoms with van der Waals surface area (Å²) in [7, 11) is 3.34. The van der Waals surface area contributed by atoms with Gasteiger partial charge in [-0.2, -0.15) is 5.10 Å². The molecule has 0 unspecified atom stereocenters. The lowest BCUT2D eigenvalue weighted by molar-refractivity contribution is -0.119. The van der Waals surface area contributed by atoms with Crippen molar-refractivity contribution in [1.82, 2.24) is 9.78 Å². The second kappa shape index (κ2) is 6.95. The molecule has 0 spiro atoms. The number of amides is 1. The number of carbonyl (C=O) groups excluding carboxylic acids is 2. The maximum absolute atomic E-state index is 11.9. The maximum atomic E-state index is 11.9. The Kier molecular flexibility index (Phi) is 5.00. The van der Waals surface area contributed by atoms with E-state index in [0.717, 1.165) is 5.69 Å². The molecule has 1 aromatic heterocycles. The zero-order valence-electron chi connectivity index (χ0n) is 13.5. The number of hydrogen-bond acceptors (Lipinski definition) is 5. The molecular formula is C16H19N3O4. The predicted molar refractivity (Wildman–Crippen MR) is 84.6 cm³/mol. The Morgan fingerprint density at radius 2 is 1.87 bits per heavy atom. The Bertz CT molecular complexity index is 720. The van der Waals surface area contributed by atoms with Crippen molar-refractivity contribution in [2.45, 2.75) is 13.8 Å². The van der Waals surface area contributed by atoms with Crippen LogP contribution in [0.25, 0.3) is 0 Å². The van der Waals surface area contributed by atoms with E-state index < -0.39 is 11.9 Å². The minimum atomic E-state index is -0.567. The molecule has 2 aromatic rings. The summed E-state index contributed by atoms with van der Waals surface area (Å²) in [4.78, 5) is 23.8. The average Bonchev–Trinajstić information content (AvgIpc) is 2.79. The molecule has 7 heteroatoms. The summed E-state index contributed by atoms with van der Waals surface area (Å²) in [6, 6.07) is 6.46. The van der Waals surface area contributed by atoms with Crippen molar-refractivity contribution in [2.75, 3.05) is 19.0 Å². The molecule has 0 fully saturated rings. The van der Waals surface area contributed by atoms with Crippen LogP contribution in [0.15, 0.2) is 24.3 Å². The third-order valence-corrected chi connectivity index (χ3v) is 3.43. The first kappa shape index (κ1) is 16.5. The Morgan fingerprint density at radius 3 is 2.39 bits per heavy atom. The topological polar surface area (TPSA) is 82.4 Å². The number of aromatic nitrogens is 2. The molecule has 1 aromatic carbocycles. The third-order valence-electron chi connectivity index (χ3n) is 3.43. The van der Waals surface area contributed by atoms with Crippen molar-refractivity contribution in [3.63, 3.8) is 0 Å². The lowest BCUT2D eigenvalue weighted by Crippen LogP contribution is -2.21. The molecule has 1 N–H and O–H groups in total. The smallest absolute Gasteiger partial charge is 0.338 e. The number of anilines is 1. The fourth-order valence-corrected chi connectivity index (χ4v) is 2.07. The minimum Gasteiger partial charge on any atom is -0.497 e. The summed E-state index contributed by atoms with van der Waals surface area (Å²) < 4.78 is 11.7. The van der Waals surface area contributed by atoms with E-state index in [0.29, 0.717) is 22.7 Å². The first-order valence-corrected chi connectivity index (χ1v) is 7.03. The number of nitrogens with zero attached hydrogens (tertiary/aromatic N) is 2. The Hall–Kier alpha value is -2.83. The van der Waals surface area contributed by atoms with Crippen molar-refractivity contribution in [3.05, 3.63) is 41.2 Å². The van der Waals surface area contributed by atoms with Gasteiger partial charge in [0.1, 0.15) is 5.75 Å². The van der Waals surface area contributed by atoms with Crippen molar-refractivity contribution < 1.29 is 19.1 Å². The van der Waals surface area contributed by atoms with Gasteiger partial charge in [0.25, 0.3) is 5.91 Å². The van der Waals surface area contributed by atoms with Gasteiger partial charge in [-0.15, -0.1) is 0 Å². The van der Waals surface area contributed by atoms with Crippen LogP contribution in [0, 0.1) is 13.8 Å². The molecule has 0 aliphatic carbocycles. The minimum absolute atomic E-state index is 0.354. The fraction of sp³-hybridized carbons (Fsp3) is 0.312. The highest BCUT2D eigenvalue weighted by Gasteiger charge is 2.14. The van der Waals surface area contributed by atoms with Crippen molar-refractivity contribution in [3.8, 4) is 5.75 Å². The van der Waals surface area contributed by atoms with Gasteiger partial charge in [0, 0.05) is 7.05 Å². The molecule has 0 aliphatic rings. The second-order valence-electron chi connectivity index (χ2n) is 5.02. The van der Waals surface area contributed by atoms with Crippen molar-refractivity contribution in [2.24, 2.45) is 7.05 Å². The van der Waals surface area contributed by atoms with Crippen LogP contribution in [-0.2, 0) is 16.6 Å². The number of aryl methyl sites for hydroxylation is 2. The first-order chi connectivity index (χ1) is 10.9. The van der Waals surface area contributed by atoms with Crippen LogP contribution in [0.2, 0.25) is 0 Å². The molecule has 0 radical (unpaired) electrons. The van der Waals surface area contributed by atoms with Crippen LogP contribution in [0.5, 0.6) is 5.75 Å². The van der Waals surface area contributed by atoms with Gasteiger partial charge in [0.15, 0.2) is 6.61 Å². The highest BCUT2D eigenvalue weighted by molar-refractivity contribution is 5.96. The number of methoxy groups -OCH3 is 1. The summed E-state index contributed by atoms with van der Waals surface area (Å²) in [5.74, 6) is -0.338. The predicted octanol–water partition coefficient (Wildman–Crippen LogP) is 1.84.